The first-order valence-corrected chi connectivity index (χ1v) is 8.26. The van der Waals surface area contributed by atoms with Gasteiger partial charge in [0.15, 0.2) is 16.3 Å². The Balaban J connectivity index is 2.04. The summed E-state index contributed by atoms with van der Waals surface area (Å²) in [6, 6.07) is 7.60. The van der Waals surface area contributed by atoms with Crippen LogP contribution in [0.1, 0.15) is 5.56 Å². The van der Waals surface area contributed by atoms with Crippen LogP contribution in [0.4, 0.5) is 0 Å². The van der Waals surface area contributed by atoms with Gasteiger partial charge in [-0.15, -0.1) is 0 Å². The summed E-state index contributed by atoms with van der Waals surface area (Å²) in [6.45, 7) is 0. The van der Waals surface area contributed by atoms with Crippen molar-refractivity contribution in [2.75, 3.05) is 0 Å². The second-order valence-corrected chi connectivity index (χ2v) is 6.63. The summed E-state index contributed by atoms with van der Waals surface area (Å²) >= 11 is 7.48. The van der Waals surface area contributed by atoms with Crippen LogP contribution in [0, 0.1) is 0 Å². The third kappa shape index (κ3) is 2.70. The molecule has 2 aromatic heterocycles. The highest BCUT2D eigenvalue weighted by molar-refractivity contribution is 7.98. The molecule has 2 heterocycles. The van der Waals surface area contributed by atoms with Crippen LogP contribution in [-0.2, 0) is 26.9 Å². The molecule has 0 aliphatic rings. The maximum absolute atomic E-state index is 12.2. The second-order valence-electron chi connectivity index (χ2n) is 5.25. The summed E-state index contributed by atoms with van der Waals surface area (Å²) in [7, 11) is 4.89. The van der Waals surface area contributed by atoms with E-state index < -0.39 is 0 Å². The van der Waals surface area contributed by atoms with Gasteiger partial charge in [0, 0.05) is 31.9 Å². The van der Waals surface area contributed by atoms with Crippen molar-refractivity contribution in [3.63, 3.8) is 0 Å². The van der Waals surface area contributed by atoms with Crippen LogP contribution in [-0.4, -0.2) is 18.7 Å². The zero-order valence-electron chi connectivity index (χ0n) is 12.9. The van der Waals surface area contributed by atoms with E-state index in [0.29, 0.717) is 27.1 Å². The molecule has 1 aromatic carbocycles. The van der Waals surface area contributed by atoms with Gasteiger partial charge in [0.05, 0.1) is 0 Å². The zero-order valence-corrected chi connectivity index (χ0v) is 14.5. The Morgan fingerprint density at radius 1 is 1.13 bits per heavy atom. The molecule has 0 spiro atoms. The van der Waals surface area contributed by atoms with Crippen LogP contribution in [0.25, 0.3) is 11.2 Å². The van der Waals surface area contributed by atoms with Gasteiger partial charge in [-0.1, -0.05) is 35.5 Å². The number of aromatic nitrogens is 4. The van der Waals surface area contributed by atoms with Gasteiger partial charge < -0.3 is 4.57 Å². The normalized spacial score (nSPS) is 11.3. The number of rotatable bonds is 3. The van der Waals surface area contributed by atoms with Gasteiger partial charge in [-0.25, -0.2) is 9.78 Å². The van der Waals surface area contributed by atoms with E-state index in [-0.39, 0.29) is 11.2 Å². The first kappa shape index (κ1) is 15.9. The number of hydrogen-bond donors (Lipinski definition) is 0. The lowest BCUT2D eigenvalue weighted by Gasteiger charge is -2.06. The molecule has 6 nitrogen and oxygen atoms in total. The van der Waals surface area contributed by atoms with Crippen LogP contribution < -0.4 is 11.2 Å². The van der Waals surface area contributed by atoms with Gasteiger partial charge in [0.25, 0.3) is 5.56 Å². The molecular formula is C15H15ClN4O2S. The van der Waals surface area contributed by atoms with Crippen molar-refractivity contribution in [3.05, 3.63) is 55.7 Å². The Morgan fingerprint density at radius 2 is 1.87 bits per heavy atom. The molecule has 0 amide bonds. The average Bonchev–Trinajstić information content (AvgIpc) is 2.86. The van der Waals surface area contributed by atoms with Crippen LogP contribution >= 0.6 is 23.4 Å². The second kappa shape index (κ2) is 5.90. The van der Waals surface area contributed by atoms with E-state index in [4.69, 9.17) is 11.6 Å². The standard InChI is InChI=1S/C15H15ClN4O2S/c1-18-12-11(13(21)20(3)15(22)19(12)2)17-14(18)23-8-9-5-4-6-10(16)7-9/h4-7H,8H2,1-3H3. The summed E-state index contributed by atoms with van der Waals surface area (Å²) in [5.41, 5.74) is 1.14. The molecule has 0 saturated carbocycles. The Bertz CT molecular complexity index is 1020. The first-order valence-electron chi connectivity index (χ1n) is 6.90. The van der Waals surface area contributed by atoms with E-state index in [1.165, 1.54) is 23.4 Å². The lowest BCUT2D eigenvalue weighted by Crippen LogP contribution is -2.37. The van der Waals surface area contributed by atoms with E-state index in [2.05, 4.69) is 4.98 Å². The monoisotopic (exact) mass is 350 g/mol. The fraction of sp³-hybridized carbons (Fsp3) is 0.267. The molecule has 0 bridgehead atoms. The fourth-order valence-corrected chi connectivity index (χ4v) is 3.59. The maximum Gasteiger partial charge on any atom is 0.332 e. The number of nitrogens with zero attached hydrogens (tertiary/aromatic N) is 4. The van der Waals surface area contributed by atoms with Gasteiger partial charge in [-0.2, -0.15) is 0 Å². The van der Waals surface area contributed by atoms with Gasteiger partial charge in [-0.05, 0) is 17.7 Å². The predicted octanol–water partition coefficient (Wildman–Crippen LogP) is 1.92. The van der Waals surface area contributed by atoms with Crippen LogP contribution in [0.5, 0.6) is 0 Å². The number of benzene rings is 1. The lowest BCUT2D eigenvalue weighted by atomic mass is 10.2. The molecule has 0 saturated heterocycles. The molecule has 0 unspecified atom stereocenters. The van der Waals surface area contributed by atoms with Crippen molar-refractivity contribution in [3.8, 4) is 0 Å². The number of aryl methyl sites for hydroxylation is 2. The van der Waals surface area contributed by atoms with Gasteiger partial charge in [0.1, 0.15) is 0 Å². The van der Waals surface area contributed by atoms with Crippen molar-refractivity contribution in [2.24, 2.45) is 21.1 Å². The third-order valence-corrected chi connectivity index (χ3v) is 5.02. The molecule has 3 rings (SSSR count). The Kier molecular flexibility index (Phi) is 4.08. The lowest BCUT2D eigenvalue weighted by molar-refractivity contribution is 0.690. The van der Waals surface area contributed by atoms with Crippen molar-refractivity contribution in [1.82, 2.24) is 18.7 Å². The maximum atomic E-state index is 12.2. The van der Waals surface area contributed by atoms with E-state index in [1.54, 1.807) is 18.7 Å². The van der Waals surface area contributed by atoms with E-state index in [0.717, 1.165) is 10.1 Å². The highest BCUT2D eigenvalue weighted by Crippen LogP contribution is 2.25. The van der Waals surface area contributed by atoms with Crippen molar-refractivity contribution in [2.45, 2.75) is 10.9 Å². The topological polar surface area (TPSA) is 61.8 Å². The molecule has 0 fully saturated rings. The summed E-state index contributed by atoms with van der Waals surface area (Å²) < 4.78 is 4.28. The summed E-state index contributed by atoms with van der Waals surface area (Å²) in [4.78, 5) is 28.7. The highest BCUT2D eigenvalue weighted by atomic mass is 35.5. The SMILES string of the molecule is Cn1c(=O)c2nc(SCc3cccc(Cl)c3)n(C)c2n(C)c1=O. The summed E-state index contributed by atoms with van der Waals surface area (Å²) in [5.74, 6) is 0.673. The quantitative estimate of drug-likeness (QED) is 0.677. The number of thioether (sulfide) groups is 1. The van der Waals surface area contributed by atoms with Crippen molar-refractivity contribution < 1.29 is 0 Å². The van der Waals surface area contributed by atoms with Crippen LogP contribution in [0.3, 0.4) is 0 Å². The molecule has 0 radical (unpaired) electrons. The Labute approximate surface area is 141 Å². The number of imidazole rings is 1. The number of hydrogen-bond acceptors (Lipinski definition) is 4. The molecular weight excluding hydrogens is 336 g/mol. The molecule has 3 aromatic rings. The van der Waals surface area contributed by atoms with Crippen LogP contribution in [0.15, 0.2) is 39.0 Å². The number of halogens is 1. The first-order chi connectivity index (χ1) is 10.9. The largest absolute Gasteiger partial charge is 0.332 e. The molecule has 0 N–H and O–H groups in total. The molecule has 0 aliphatic carbocycles. The summed E-state index contributed by atoms with van der Waals surface area (Å²) in [6.07, 6.45) is 0. The van der Waals surface area contributed by atoms with Gasteiger partial charge >= 0.3 is 5.69 Å². The predicted molar refractivity (Wildman–Crippen MR) is 92.2 cm³/mol. The fourth-order valence-electron chi connectivity index (χ4n) is 2.46. The average molecular weight is 351 g/mol. The highest BCUT2D eigenvalue weighted by Gasteiger charge is 2.17. The van der Waals surface area contributed by atoms with Crippen molar-refractivity contribution >= 4 is 34.5 Å². The third-order valence-electron chi connectivity index (χ3n) is 3.68. The molecule has 23 heavy (non-hydrogen) atoms. The minimum Gasteiger partial charge on any atom is -0.308 e. The van der Waals surface area contributed by atoms with Crippen LogP contribution in [0.2, 0.25) is 5.02 Å². The zero-order chi connectivity index (χ0) is 16.7. The van der Waals surface area contributed by atoms with Crippen molar-refractivity contribution in [1.29, 1.82) is 0 Å². The minimum absolute atomic E-state index is 0.297. The van der Waals surface area contributed by atoms with E-state index in [9.17, 15) is 9.59 Å². The minimum atomic E-state index is -0.381. The van der Waals surface area contributed by atoms with Gasteiger partial charge in [0.2, 0.25) is 0 Å². The number of fused-ring (bicyclic) bond motifs is 1. The van der Waals surface area contributed by atoms with E-state index in [1.807, 2.05) is 24.3 Å². The molecule has 0 atom stereocenters. The molecule has 0 aliphatic heterocycles. The smallest absolute Gasteiger partial charge is 0.308 e. The van der Waals surface area contributed by atoms with E-state index >= 15 is 0 Å². The Morgan fingerprint density at radius 3 is 2.57 bits per heavy atom. The summed E-state index contributed by atoms with van der Waals surface area (Å²) in [5, 5.41) is 1.36. The van der Waals surface area contributed by atoms with Gasteiger partial charge in [-0.3, -0.25) is 13.9 Å². The Hall–Kier alpha value is -1.99. The molecule has 120 valence electrons. The molecule has 8 heteroatoms.